The summed E-state index contributed by atoms with van der Waals surface area (Å²) in [5, 5.41) is 2.81. The molecule has 2 aromatic carbocycles. The number of nitrogens with one attached hydrogen (secondary N) is 1. The van der Waals surface area contributed by atoms with Crippen LogP contribution in [0.4, 0.5) is 13.6 Å². The Balaban J connectivity index is 0.000000230. The lowest BCUT2D eigenvalue weighted by Crippen LogP contribution is -2.33. The van der Waals surface area contributed by atoms with Crippen LogP contribution in [0.25, 0.3) is 35.6 Å². The van der Waals surface area contributed by atoms with Crippen molar-refractivity contribution >= 4 is 76.8 Å². The van der Waals surface area contributed by atoms with Gasteiger partial charge in [0.25, 0.3) is 0 Å². The molecule has 0 unspecified atom stereocenters. The average molecular weight is 848 g/mol. The Morgan fingerprint density at radius 2 is 1.20 bits per heavy atom. The van der Waals surface area contributed by atoms with E-state index in [0.717, 1.165) is 11.4 Å². The largest absolute Gasteiger partial charge is 0.465 e. The summed E-state index contributed by atoms with van der Waals surface area (Å²) in [4.78, 5) is 44.7. The van der Waals surface area contributed by atoms with Crippen molar-refractivity contribution in [2.75, 3.05) is 27.3 Å². The first-order valence-electron chi connectivity index (χ1n) is 18.2. The van der Waals surface area contributed by atoms with Crippen LogP contribution >= 0.6 is 23.2 Å². The Hall–Kier alpha value is -6.09. The molecular formula is C43H42Cl2F2N6O6. The molecule has 0 fully saturated rings. The number of rotatable bonds is 11. The van der Waals surface area contributed by atoms with Crippen LogP contribution in [0, 0.1) is 11.6 Å². The minimum atomic E-state index is -0.605. The number of halogens is 4. The summed E-state index contributed by atoms with van der Waals surface area (Å²) in [6.07, 6.45) is 10.5. The highest BCUT2D eigenvalue weighted by Crippen LogP contribution is 2.24. The van der Waals surface area contributed by atoms with Crippen molar-refractivity contribution in [3.63, 3.8) is 0 Å². The van der Waals surface area contributed by atoms with Crippen LogP contribution in [0.1, 0.15) is 75.4 Å². The van der Waals surface area contributed by atoms with Crippen molar-refractivity contribution in [3.05, 3.63) is 140 Å². The summed E-state index contributed by atoms with van der Waals surface area (Å²) < 4.78 is 46.8. The van der Waals surface area contributed by atoms with E-state index in [0.29, 0.717) is 64.3 Å². The van der Waals surface area contributed by atoms with E-state index in [1.807, 2.05) is 4.40 Å². The molecule has 0 aliphatic heterocycles. The lowest BCUT2D eigenvalue weighted by atomic mass is 10.1. The van der Waals surface area contributed by atoms with Crippen molar-refractivity contribution in [1.29, 1.82) is 0 Å². The first-order chi connectivity index (χ1) is 28.1. The molecule has 6 rings (SSSR count). The smallest absolute Gasteiger partial charge is 0.407 e. The Bertz CT molecular complexity index is 2560. The van der Waals surface area contributed by atoms with Crippen molar-refractivity contribution in [3.8, 4) is 0 Å². The van der Waals surface area contributed by atoms with Crippen LogP contribution in [0.15, 0.2) is 73.1 Å². The molecule has 0 radical (unpaired) electrons. The minimum Gasteiger partial charge on any atom is -0.465 e. The number of esters is 2. The van der Waals surface area contributed by atoms with Crippen molar-refractivity contribution in [2.45, 2.75) is 39.2 Å². The van der Waals surface area contributed by atoms with E-state index < -0.39 is 35.3 Å². The van der Waals surface area contributed by atoms with Gasteiger partial charge in [0.2, 0.25) is 0 Å². The highest BCUT2D eigenvalue weighted by molar-refractivity contribution is 6.31. The second-order valence-corrected chi connectivity index (χ2v) is 14.6. The Kier molecular flexibility index (Phi) is 14.6. The van der Waals surface area contributed by atoms with Crippen LogP contribution in [0.3, 0.4) is 0 Å². The average Bonchev–Trinajstić information content (AvgIpc) is 3.74. The molecule has 4 aromatic heterocycles. The normalized spacial score (nSPS) is 11.6. The van der Waals surface area contributed by atoms with Gasteiger partial charge in [0, 0.05) is 42.9 Å². The standard InChI is InChI=1S/C24H25ClFN3O4.C19H17ClFN3O2/c1-24(2,3)33-23(31)27-12-10-19-18(9-8-15-6-5-7-17(25)21(15)26)28-20-14-16(22(30)32-4)11-13-29(19)20;1-26-19(25)13-8-10-24-16(7-9-22)15(23-17(24)11-13)6-5-12-3-2-4-14(20)18(12)21/h5-9,11,13-14H,10,12H2,1-4H3,(H,27,31);2-6,8,10-11H,7,9,22H2,1H3/b9-8+;6-5+. The van der Waals surface area contributed by atoms with Crippen LogP contribution in [-0.4, -0.2) is 69.7 Å². The summed E-state index contributed by atoms with van der Waals surface area (Å²) in [5.74, 6) is -1.93. The monoisotopic (exact) mass is 846 g/mol. The molecule has 0 aliphatic carbocycles. The number of amides is 1. The maximum Gasteiger partial charge on any atom is 0.407 e. The number of hydrogen-bond acceptors (Lipinski definition) is 9. The Morgan fingerprint density at radius 1 is 0.746 bits per heavy atom. The number of nitrogens with zero attached hydrogens (tertiary/aromatic N) is 4. The van der Waals surface area contributed by atoms with E-state index in [1.54, 1.807) is 110 Å². The fraction of sp³-hybridized carbons (Fsp3) is 0.233. The second-order valence-electron chi connectivity index (χ2n) is 13.8. The van der Waals surface area contributed by atoms with Gasteiger partial charge in [-0.3, -0.25) is 0 Å². The number of fused-ring (bicyclic) bond motifs is 2. The third kappa shape index (κ3) is 11.1. The van der Waals surface area contributed by atoms with Crippen molar-refractivity contribution in [1.82, 2.24) is 24.1 Å². The number of hydrogen-bond donors (Lipinski definition) is 2. The highest BCUT2D eigenvalue weighted by Gasteiger charge is 2.18. The van der Waals surface area contributed by atoms with Crippen LogP contribution < -0.4 is 11.1 Å². The number of ether oxygens (including phenoxy) is 3. The minimum absolute atomic E-state index is 0.0247. The topological polar surface area (TPSA) is 152 Å². The molecule has 4 heterocycles. The van der Waals surface area contributed by atoms with Gasteiger partial charge in [0.15, 0.2) is 0 Å². The molecule has 0 spiro atoms. The molecule has 0 saturated heterocycles. The molecule has 0 bridgehead atoms. The number of imidazole rings is 2. The SMILES string of the molecule is COC(=O)c1ccn2c(CCN)c(/C=C/c3cccc(Cl)c3F)nc2c1.COC(=O)c1ccn2c(CCNC(=O)OC(C)(C)C)c(/C=C/c3cccc(Cl)c3F)nc2c1. The van der Waals surface area contributed by atoms with Gasteiger partial charge in [0.05, 0.1) is 58.2 Å². The Labute approximate surface area is 349 Å². The fourth-order valence-electron chi connectivity index (χ4n) is 5.85. The number of benzene rings is 2. The van der Waals surface area contributed by atoms with E-state index in [-0.39, 0.29) is 16.6 Å². The molecular weight excluding hydrogens is 805 g/mol. The van der Waals surface area contributed by atoms with E-state index in [4.69, 9.17) is 43.1 Å². The summed E-state index contributed by atoms with van der Waals surface area (Å²) in [6.45, 7) is 6.07. The third-order valence-corrected chi connectivity index (χ3v) is 9.15. The fourth-order valence-corrected chi connectivity index (χ4v) is 6.21. The predicted octanol–water partition coefficient (Wildman–Crippen LogP) is 8.74. The zero-order chi connectivity index (χ0) is 42.9. The van der Waals surface area contributed by atoms with Gasteiger partial charge in [-0.15, -0.1) is 0 Å². The number of alkyl carbamates (subject to hydrolysis) is 1. The maximum atomic E-state index is 14.3. The highest BCUT2D eigenvalue weighted by atomic mass is 35.5. The van der Waals surface area contributed by atoms with E-state index in [9.17, 15) is 23.2 Å². The Morgan fingerprint density at radius 3 is 1.63 bits per heavy atom. The first-order valence-corrected chi connectivity index (χ1v) is 19.0. The van der Waals surface area contributed by atoms with Crippen LogP contribution in [0.2, 0.25) is 10.0 Å². The molecule has 308 valence electrons. The van der Waals surface area contributed by atoms with Crippen LogP contribution in [-0.2, 0) is 27.1 Å². The second kappa shape index (κ2) is 19.6. The van der Waals surface area contributed by atoms with Crippen LogP contribution in [0.5, 0.6) is 0 Å². The quantitative estimate of drug-likeness (QED) is 0.0964. The molecule has 3 N–H and O–H groups in total. The molecule has 6 aromatic rings. The molecule has 16 heteroatoms. The maximum absolute atomic E-state index is 14.3. The van der Waals surface area contributed by atoms with E-state index in [1.165, 1.54) is 26.4 Å². The van der Waals surface area contributed by atoms with E-state index >= 15 is 0 Å². The molecule has 0 aliphatic rings. The van der Waals surface area contributed by atoms with Gasteiger partial charge < -0.3 is 34.1 Å². The molecule has 0 saturated carbocycles. The molecule has 59 heavy (non-hydrogen) atoms. The summed E-state index contributed by atoms with van der Waals surface area (Å²) in [7, 11) is 2.63. The lowest BCUT2D eigenvalue weighted by Gasteiger charge is -2.19. The number of carbonyl (C=O) groups is 3. The van der Waals surface area contributed by atoms with Crippen molar-refractivity contribution < 1.29 is 37.4 Å². The number of methoxy groups -OCH3 is 2. The zero-order valence-corrected chi connectivity index (χ0v) is 34.4. The number of aromatic nitrogens is 4. The number of pyridine rings is 2. The zero-order valence-electron chi connectivity index (χ0n) is 32.9. The van der Waals surface area contributed by atoms with Crippen molar-refractivity contribution in [2.24, 2.45) is 5.73 Å². The van der Waals surface area contributed by atoms with Gasteiger partial charge in [-0.2, -0.15) is 0 Å². The molecule has 0 atom stereocenters. The lowest BCUT2D eigenvalue weighted by molar-refractivity contribution is 0.0526. The van der Waals surface area contributed by atoms with Gasteiger partial charge in [0.1, 0.15) is 28.5 Å². The van der Waals surface area contributed by atoms with Gasteiger partial charge in [-0.25, -0.2) is 33.1 Å². The van der Waals surface area contributed by atoms with Gasteiger partial charge in [-0.1, -0.05) is 47.5 Å². The summed E-state index contributed by atoms with van der Waals surface area (Å²) >= 11 is 11.7. The third-order valence-electron chi connectivity index (χ3n) is 8.57. The predicted molar refractivity (Wildman–Crippen MR) is 224 cm³/mol. The van der Waals surface area contributed by atoms with E-state index in [2.05, 4.69) is 15.3 Å². The summed E-state index contributed by atoms with van der Waals surface area (Å²) in [5.41, 5.74) is 10.5. The molecule has 1 amide bonds. The number of carbonyl (C=O) groups excluding carboxylic acids is 3. The van der Waals surface area contributed by atoms with Gasteiger partial charge >= 0.3 is 18.0 Å². The van der Waals surface area contributed by atoms with Gasteiger partial charge in [-0.05, 0) is 88.0 Å². The summed E-state index contributed by atoms with van der Waals surface area (Å²) in [6, 6.07) is 16.1. The molecule has 12 nitrogen and oxygen atoms in total. The number of nitrogens with two attached hydrogens (primary N) is 1. The first kappa shape index (κ1) is 44.0.